The molecule has 1 aromatic heterocycles. The molecule has 1 aliphatic heterocycles. The number of anilines is 2. The average molecular weight is 257 g/mol. The first-order valence-corrected chi connectivity index (χ1v) is 6.41. The summed E-state index contributed by atoms with van der Waals surface area (Å²) >= 11 is 0. The molecule has 3 nitrogen and oxygen atoms in total. The summed E-state index contributed by atoms with van der Waals surface area (Å²) in [6.07, 6.45) is 0.926. The van der Waals surface area contributed by atoms with Crippen molar-refractivity contribution in [1.82, 2.24) is 4.98 Å². The van der Waals surface area contributed by atoms with Gasteiger partial charge in [-0.3, -0.25) is 0 Å². The smallest absolute Gasteiger partial charge is 0.133 e. The van der Waals surface area contributed by atoms with Crippen molar-refractivity contribution in [3.8, 4) is 0 Å². The number of aromatic nitrogens is 1. The number of hydrogen-bond acceptors (Lipinski definition) is 3. The van der Waals surface area contributed by atoms with Crippen LogP contribution in [0.15, 0.2) is 30.3 Å². The van der Waals surface area contributed by atoms with E-state index in [0.717, 1.165) is 35.7 Å². The summed E-state index contributed by atoms with van der Waals surface area (Å²) in [4.78, 5) is 6.64. The second-order valence-corrected chi connectivity index (χ2v) is 4.79. The Balaban J connectivity index is 2.01. The van der Waals surface area contributed by atoms with Crippen molar-refractivity contribution in [1.29, 1.82) is 0 Å². The Labute approximate surface area is 111 Å². The molecule has 1 aromatic carbocycles. The largest absolute Gasteiger partial charge is 0.326 e. The Kier molecular flexibility index (Phi) is 2.95. The highest BCUT2D eigenvalue weighted by molar-refractivity contribution is 5.67. The van der Waals surface area contributed by atoms with Crippen LogP contribution in [0.1, 0.15) is 16.8 Å². The molecular weight excluding hydrogens is 241 g/mol. The Bertz CT molecular complexity index is 625. The van der Waals surface area contributed by atoms with E-state index in [1.165, 1.54) is 11.6 Å². The number of pyridine rings is 1. The lowest BCUT2D eigenvalue weighted by molar-refractivity contribution is 0.628. The highest BCUT2D eigenvalue weighted by Gasteiger charge is 2.22. The van der Waals surface area contributed by atoms with Crippen LogP contribution in [-0.2, 0) is 13.0 Å². The standard InChI is InChI=1S/C15H16FN3/c1-10-12(9-17)3-5-15(18-10)19-7-6-11-2-4-13(16)8-14(11)19/h2-5,8H,6-7,9,17H2,1H3. The van der Waals surface area contributed by atoms with Crippen LogP contribution in [0.25, 0.3) is 0 Å². The van der Waals surface area contributed by atoms with Crippen LogP contribution >= 0.6 is 0 Å². The summed E-state index contributed by atoms with van der Waals surface area (Å²) < 4.78 is 13.4. The van der Waals surface area contributed by atoms with Crippen molar-refractivity contribution in [3.05, 3.63) is 53.0 Å². The molecule has 0 atom stereocenters. The van der Waals surface area contributed by atoms with Gasteiger partial charge in [0.1, 0.15) is 11.6 Å². The van der Waals surface area contributed by atoms with Crippen LogP contribution in [-0.4, -0.2) is 11.5 Å². The first-order valence-electron chi connectivity index (χ1n) is 6.41. The quantitative estimate of drug-likeness (QED) is 0.899. The molecule has 0 saturated carbocycles. The van der Waals surface area contributed by atoms with E-state index in [1.807, 2.05) is 25.1 Å². The molecule has 1 aliphatic rings. The lowest BCUT2D eigenvalue weighted by Crippen LogP contribution is -2.16. The monoisotopic (exact) mass is 257 g/mol. The summed E-state index contributed by atoms with van der Waals surface area (Å²) in [7, 11) is 0. The summed E-state index contributed by atoms with van der Waals surface area (Å²) in [5.74, 6) is 0.653. The first-order chi connectivity index (χ1) is 9.19. The zero-order chi connectivity index (χ0) is 13.4. The minimum absolute atomic E-state index is 0.207. The minimum atomic E-state index is -0.207. The van der Waals surface area contributed by atoms with Crippen molar-refractivity contribution in [2.45, 2.75) is 19.9 Å². The topological polar surface area (TPSA) is 42.2 Å². The molecule has 0 aliphatic carbocycles. The van der Waals surface area contributed by atoms with Gasteiger partial charge in [0, 0.05) is 24.5 Å². The van der Waals surface area contributed by atoms with E-state index >= 15 is 0 Å². The van der Waals surface area contributed by atoms with Gasteiger partial charge in [-0.15, -0.1) is 0 Å². The summed E-state index contributed by atoms with van der Waals surface area (Å²) in [5, 5.41) is 0. The number of hydrogen-bond donors (Lipinski definition) is 1. The van der Waals surface area contributed by atoms with Gasteiger partial charge in [0.15, 0.2) is 0 Å². The highest BCUT2D eigenvalue weighted by Crippen LogP contribution is 2.34. The third-order valence-electron chi connectivity index (χ3n) is 3.62. The molecule has 98 valence electrons. The van der Waals surface area contributed by atoms with Gasteiger partial charge in [0.25, 0.3) is 0 Å². The third-order valence-corrected chi connectivity index (χ3v) is 3.62. The van der Waals surface area contributed by atoms with E-state index in [2.05, 4.69) is 9.88 Å². The Hall–Kier alpha value is -1.94. The van der Waals surface area contributed by atoms with Gasteiger partial charge in [-0.05, 0) is 42.7 Å². The normalized spacial score (nSPS) is 13.7. The number of halogens is 1. The molecule has 0 amide bonds. The molecule has 2 N–H and O–H groups in total. The van der Waals surface area contributed by atoms with Gasteiger partial charge in [-0.25, -0.2) is 9.37 Å². The molecule has 0 bridgehead atoms. The van der Waals surface area contributed by atoms with Crippen LogP contribution < -0.4 is 10.6 Å². The van der Waals surface area contributed by atoms with E-state index in [4.69, 9.17) is 5.73 Å². The second-order valence-electron chi connectivity index (χ2n) is 4.79. The molecule has 2 aromatic rings. The molecule has 0 fully saturated rings. The SMILES string of the molecule is Cc1nc(N2CCc3ccc(F)cc32)ccc1CN. The lowest BCUT2D eigenvalue weighted by Gasteiger charge is -2.19. The maximum Gasteiger partial charge on any atom is 0.133 e. The summed E-state index contributed by atoms with van der Waals surface area (Å²) in [5.41, 5.74) is 9.72. The summed E-state index contributed by atoms with van der Waals surface area (Å²) in [6, 6.07) is 8.89. The van der Waals surface area contributed by atoms with E-state index in [-0.39, 0.29) is 5.82 Å². The molecule has 0 spiro atoms. The fourth-order valence-corrected chi connectivity index (χ4v) is 2.53. The summed E-state index contributed by atoms with van der Waals surface area (Å²) in [6.45, 7) is 3.28. The molecule has 2 heterocycles. The zero-order valence-corrected chi connectivity index (χ0v) is 10.9. The fourth-order valence-electron chi connectivity index (χ4n) is 2.53. The van der Waals surface area contributed by atoms with Crippen molar-refractivity contribution in [2.75, 3.05) is 11.4 Å². The number of nitrogens with zero attached hydrogens (tertiary/aromatic N) is 2. The maximum absolute atomic E-state index is 13.4. The number of nitrogens with two attached hydrogens (primary N) is 1. The minimum Gasteiger partial charge on any atom is -0.326 e. The van der Waals surface area contributed by atoms with E-state index in [1.54, 1.807) is 6.07 Å². The number of benzene rings is 1. The predicted molar refractivity (Wildman–Crippen MR) is 74.0 cm³/mol. The fraction of sp³-hybridized carbons (Fsp3) is 0.267. The van der Waals surface area contributed by atoms with Gasteiger partial charge in [-0.1, -0.05) is 12.1 Å². The van der Waals surface area contributed by atoms with Crippen LogP contribution in [0.5, 0.6) is 0 Å². The first kappa shape index (κ1) is 12.1. The van der Waals surface area contributed by atoms with Gasteiger partial charge in [0.05, 0.1) is 0 Å². The van der Waals surface area contributed by atoms with E-state index in [0.29, 0.717) is 6.54 Å². The van der Waals surface area contributed by atoms with Gasteiger partial charge in [-0.2, -0.15) is 0 Å². The average Bonchev–Trinajstić information content (AvgIpc) is 2.81. The van der Waals surface area contributed by atoms with E-state index < -0.39 is 0 Å². The number of fused-ring (bicyclic) bond motifs is 1. The highest BCUT2D eigenvalue weighted by atomic mass is 19.1. The molecule has 0 unspecified atom stereocenters. The number of rotatable bonds is 2. The Morgan fingerprint density at radius 1 is 1.32 bits per heavy atom. The van der Waals surface area contributed by atoms with Crippen LogP contribution in [0.3, 0.4) is 0 Å². The zero-order valence-electron chi connectivity index (χ0n) is 10.9. The van der Waals surface area contributed by atoms with Crippen LogP contribution in [0.2, 0.25) is 0 Å². The van der Waals surface area contributed by atoms with Crippen molar-refractivity contribution in [2.24, 2.45) is 5.73 Å². The van der Waals surface area contributed by atoms with Crippen LogP contribution in [0, 0.1) is 12.7 Å². The molecule has 0 saturated heterocycles. The molecule has 0 radical (unpaired) electrons. The second kappa shape index (κ2) is 4.63. The van der Waals surface area contributed by atoms with Gasteiger partial charge in [0.2, 0.25) is 0 Å². The number of aryl methyl sites for hydroxylation is 1. The third kappa shape index (κ3) is 2.08. The lowest BCUT2D eigenvalue weighted by atomic mass is 10.1. The molecule has 3 rings (SSSR count). The molecule has 19 heavy (non-hydrogen) atoms. The maximum atomic E-state index is 13.4. The molecule has 4 heteroatoms. The molecular formula is C15H16FN3. The van der Waals surface area contributed by atoms with Gasteiger partial charge < -0.3 is 10.6 Å². The Morgan fingerprint density at radius 3 is 2.89 bits per heavy atom. The van der Waals surface area contributed by atoms with Crippen molar-refractivity contribution >= 4 is 11.5 Å². The van der Waals surface area contributed by atoms with E-state index in [9.17, 15) is 4.39 Å². The van der Waals surface area contributed by atoms with Crippen molar-refractivity contribution < 1.29 is 4.39 Å². The predicted octanol–water partition coefficient (Wildman–Crippen LogP) is 2.68. The van der Waals surface area contributed by atoms with Crippen molar-refractivity contribution in [3.63, 3.8) is 0 Å². The van der Waals surface area contributed by atoms with Crippen LogP contribution in [0.4, 0.5) is 15.9 Å². The Morgan fingerprint density at radius 2 is 2.16 bits per heavy atom. The van der Waals surface area contributed by atoms with Gasteiger partial charge >= 0.3 is 0 Å².